The molecule has 0 fully saturated rings. The number of rotatable bonds is 2. The van der Waals surface area contributed by atoms with Crippen molar-refractivity contribution in [3.8, 4) is 0 Å². The van der Waals surface area contributed by atoms with Gasteiger partial charge in [-0.25, -0.2) is 0 Å². The van der Waals surface area contributed by atoms with E-state index < -0.39 is 0 Å². The molecule has 14 heavy (non-hydrogen) atoms. The second-order valence-corrected chi connectivity index (χ2v) is 4.11. The lowest BCUT2D eigenvalue weighted by molar-refractivity contribution is 0.624. The molecule has 0 N–H and O–H groups in total. The summed E-state index contributed by atoms with van der Waals surface area (Å²) < 4.78 is 0. The van der Waals surface area contributed by atoms with Crippen LogP contribution in [0.5, 0.6) is 0 Å². The minimum atomic E-state index is 0.121. The van der Waals surface area contributed by atoms with E-state index in [0.717, 1.165) is 0 Å². The zero-order valence-corrected chi connectivity index (χ0v) is 9.25. The third-order valence-electron chi connectivity index (χ3n) is 2.23. The lowest BCUT2D eigenvalue weighted by Gasteiger charge is -2.15. The van der Waals surface area contributed by atoms with Crippen LogP contribution in [0.1, 0.15) is 20.8 Å². The van der Waals surface area contributed by atoms with Gasteiger partial charge in [-0.3, -0.25) is 0 Å². The molecule has 0 atom stereocenters. The highest BCUT2D eigenvalue weighted by Crippen LogP contribution is 2.28. The second-order valence-electron chi connectivity index (χ2n) is 4.11. The van der Waals surface area contributed by atoms with Crippen molar-refractivity contribution in [1.82, 2.24) is 0 Å². The topological polar surface area (TPSA) is 0 Å². The Labute approximate surface area is 87.0 Å². The van der Waals surface area contributed by atoms with Crippen molar-refractivity contribution in [3.05, 3.63) is 60.3 Å². The standard InChI is InChI=1S/C14H18/c1-5-8-13-11-14(3,4)10-7-9-12(13)6-2/h5-11H,2H2,1,3-4H3/b8-5-. The maximum atomic E-state index is 3.83. The van der Waals surface area contributed by atoms with Gasteiger partial charge in [-0.2, -0.15) is 0 Å². The molecule has 0 heterocycles. The zero-order chi connectivity index (χ0) is 10.6. The fourth-order valence-corrected chi connectivity index (χ4v) is 1.54. The predicted molar refractivity (Wildman–Crippen MR) is 64.1 cm³/mol. The SMILES string of the molecule is C=CC1=CC=CC(C)(C)C=C1/C=C\C. The summed E-state index contributed by atoms with van der Waals surface area (Å²) in [5.74, 6) is 0. The van der Waals surface area contributed by atoms with Crippen LogP contribution in [-0.4, -0.2) is 0 Å². The molecule has 0 aromatic rings. The van der Waals surface area contributed by atoms with Gasteiger partial charge in [0.15, 0.2) is 0 Å². The summed E-state index contributed by atoms with van der Waals surface area (Å²) in [6.45, 7) is 10.3. The average molecular weight is 186 g/mol. The highest BCUT2D eigenvalue weighted by molar-refractivity contribution is 5.50. The van der Waals surface area contributed by atoms with E-state index in [2.05, 4.69) is 56.9 Å². The quantitative estimate of drug-likeness (QED) is 0.606. The Hall–Kier alpha value is -1.30. The molecule has 74 valence electrons. The normalized spacial score (nSPS) is 20.2. The van der Waals surface area contributed by atoms with Crippen molar-refractivity contribution in [2.45, 2.75) is 20.8 Å². The summed E-state index contributed by atoms with van der Waals surface area (Å²) in [5, 5.41) is 0. The van der Waals surface area contributed by atoms with Gasteiger partial charge in [0, 0.05) is 5.41 Å². The van der Waals surface area contributed by atoms with E-state index in [0.29, 0.717) is 0 Å². The largest absolute Gasteiger partial charge is 0.0984 e. The van der Waals surface area contributed by atoms with Crippen molar-refractivity contribution in [2.75, 3.05) is 0 Å². The molecule has 0 unspecified atom stereocenters. The maximum absolute atomic E-state index is 3.83. The monoisotopic (exact) mass is 186 g/mol. The minimum Gasteiger partial charge on any atom is -0.0984 e. The van der Waals surface area contributed by atoms with Crippen molar-refractivity contribution < 1.29 is 0 Å². The van der Waals surface area contributed by atoms with Crippen LogP contribution >= 0.6 is 0 Å². The molecule has 1 rings (SSSR count). The Balaban J connectivity index is 3.17. The van der Waals surface area contributed by atoms with E-state index in [1.54, 1.807) is 0 Å². The van der Waals surface area contributed by atoms with E-state index in [-0.39, 0.29) is 5.41 Å². The van der Waals surface area contributed by atoms with Crippen LogP contribution in [0.3, 0.4) is 0 Å². The van der Waals surface area contributed by atoms with Crippen LogP contribution < -0.4 is 0 Å². The van der Waals surface area contributed by atoms with Gasteiger partial charge in [0.25, 0.3) is 0 Å². The number of allylic oxidation sites excluding steroid dienone is 9. The van der Waals surface area contributed by atoms with Gasteiger partial charge in [0.2, 0.25) is 0 Å². The molecule has 0 aliphatic heterocycles. The van der Waals surface area contributed by atoms with Gasteiger partial charge >= 0.3 is 0 Å². The van der Waals surface area contributed by atoms with Crippen molar-refractivity contribution in [3.63, 3.8) is 0 Å². The first-order chi connectivity index (χ1) is 6.59. The van der Waals surface area contributed by atoms with Crippen LogP contribution in [0.4, 0.5) is 0 Å². The fourth-order valence-electron chi connectivity index (χ4n) is 1.54. The lowest BCUT2D eigenvalue weighted by Crippen LogP contribution is -2.02. The summed E-state index contributed by atoms with van der Waals surface area (Å²) in [6, 6.07) is 0. The molecule has 0 saturated carbocycles. The number of hydrogen-bond donors (Lipinski definition) is 0. The highest BCUT2D eigenvalue weighted by atomic mass is 14.2. The van der Waals surface area contributed by atoms with Crippen LogP contribution in [0.2, 0.25) is 0 Å². The summed E-state index contributed by atoms with van der Waals surface area (Å²) >= 11 is 0. The molecule has 0 aromatic carbocycles. The average Bonchev–Trinajstić information content (AvgIpc) is 2.24. The van der Waals surface area contributed by atoms with E-state index in [4.69, 9.17) is 0 Å². The van der Waals surface area contributed by atoms with E-state index >= 15 is 0 Å². The molecule has 0 radical (unpaired) electrons. The molecule has 0 aromatic heterocycles. The molecular formula is C14H18. The van der Waals surface area contributed by atoms with Crippen LogP contribution in [0.15, 0.2) is 60.3 Å². The molecule has 0 heteroatoms. The van der Waals surface area contributed by atoms with Gasteiger partial charge in [-0.15, -0.1) is 0 Å². The fraction of sp³-hybridized carbons (Fsp3) is 0.286. The van der Waals surface area contributed by atoms with Crippen LogP contribution in [-0.2, 0) is 0 Å². The van der Waals surface area contributed by atoms with Crippen molar-refractivity contribution in [2.24, 2.45) is 5.41 Å². The molecular weight excluding hydrogens is 168 g/mol. The smallest absolute Gasteiger partial charge is 0.00167 e. The lowest BCUT2D eigenvalue weighted by atomic mass is 9.90. The van der Waals surface area contributed by atoms with Crippen LogP contribution in [0, 0.1) is 5.41 Å². The molecule has 1 aliphatic carbocycles. The Bertz CT molecular complexity index is 333. The van der Waals surface area contributed by atoms with Gasteiger partial charge in [0.1, 0.15) is 0 Å². The van der Waals surface area contributed by atoms with Gasteiger partial charge in [0.05, 0.1) is 0 Å². The molecule has 1 aliphatic rings. The second kappa shape index (κ2) is 4.28. The predicted octanol–water partition coefficient (Wildman–Crippen LogP) is 4.20. The molecule has 0 nitrogen and oxygen atoms in total. The van der Waals surface area contributed by atoms with Crippen molar-refractivity contribution >= 4 is 0 Å². The summed E-state index contributed by atoms with van der Waals surface area (Å²) in [4.78, 5) is 0. The summed E-state index contributed by atoms with van der Waals surface area (Å²) in [6.07, 6.45) is 14.8. The Morgan fingerprint density at radius 3 is 2.57 bits per heavy atom. The van der Waals surface area contributed by atoms with E-state index in [9.17, 15) is 0 Å². The van der Waals surface area contributed by atoms with E-state index in [1.165, 1.54) is 11.1 Å². The van der Waals surface area contributed by atoms with Gasteiger partial charge < -0.3 is 0 Å². The Morgan fingerprint density at radius 2 is 2.00 bits per heavy atom. The molecule has 0 saturated heterocycles. The third kappa shape index (κ3) is 2.59. The number of hydrogen-bond acceptors (Lipinski definition) is 0. The summed E-state index contributed by atoms with van der Waals surface area (Å²) in [7, 11) is 0. The Morgan fingerprint density at radius 1 is 1.29 bits per heavy atom. The minimum absolute atomic E-state index is 0.121. The highest BCUT2D eigenvalue weighted by Gasteiger charge is 2.13. The molecule has 0 spiro atoms. The zero-order valence-electron chi connectivity index (χ0n) is 9.25. The first kappa shape index (κ1) is 10.8. The third-order valence-corrected chi connectivity index (χ3v) is 2.23. The molecule has 0 bridgehead atoms. The van der Waals surface area contributed by atoms with Gasteiger partial charge in [-0.1, -0.05) is 63.0 Å². The molecule has 0 amide bonds. The Kier molecular flexibility index (Phi) is 3.29. The summed E-state index contributed by atoms with van der Waals surface area (Å²) in [5.41, 5.74) is 2.55. The van der Waals surface area contributed by atoms with Gasteiger partial charge in [-0.05, 0) is 18.1 Å². The first-order valence-corrected chi connectivity index (χ1v) is 4.97. The van der Waals surface area contributed by atoms with E-state index in [1.807, 2.05) is 13.0 Å². The van der Waals surface area contributed by atoms with Crippen LogP contribution in [0.25, 0.3) is 0 Å². The first-order valence-electron chi connectivity index (χ1n) is 4.97. The maximum Gasteiger partial charge on any atom is 0.00167 e. The van der Waals surface area contributed by atoms with Crippen molar-refractivity contribution in [1.29, 1.82) is 0 Å².